The van der Waals surface area contributed by atoms with Gasteiger partial charge in [-0.15, -0.1) is 0 Å². The third-order valence-corrected chi connectivity index (χ3v) is 3.59. The minimum atomic E-state index is -3.58. The molecule has 0 aromatic carbocycles. The molecule has 0 radical (unpaired) electrons. The summed E-state index contributed by atoms with van der Waals surface area (Å²) in [6.45, 7) is -0.136. The number of aromatic nitrogens is 1. The van der Waals surface area contributed by atoms with Gasteiger partial charge in [0.15, 0.2) is 0 Å². The van der Waals surface area contributed by atoms with Crippen LogP contribution in [0, 0.1) is 0 Å². The summed E-state index contributed by atoms with van der Waals surface area (Å²) in [5, 5.41) is 8.84. The first-order valence-corrected chi connectivity index (χ1v) is 6.40. The summed E-state index contributed by atoms with van der Waals surface area (Å²) in [5.74, 6) is 0.534. The predicted molar refractivity (Wildman–Crippen MR) is 59.4 cm³/mol. The van der Waals surface area contributed by atoms with Crippen molar-refractivity contribution >= 4 is 10.0 Å². The molecule has 0 saturated heterocycles. The van der Waals surface area contributed by atoms with E-state index in [0.717, 1.165) is 0 Å². The van der Waals surface area contributed by atoms with Crippen molar-refractivity contribution in [3.8, 4) is 0 Å². The molecule has 0 unspecified atom stereocenters. The Morgan fingerprint density at radius 2 is 2.29 bits per heavy atom. The number of hydrogen-bond donors (Lipinski definition) is 3. The lowest BCUT2D eigenvalue weighted by molar-refractivity contribution is 0.277. The molecule has 92 valence electrons. The Bertz CT molecular complexity index is 571. The van der Waals surface area contributed by atoms with Crippen LogP contribution in [0.5, 0.6) is 0 Å². The summed E-state index contributed by atoms with van der Waals surface area (Å²) in [5.41, 5.74) is 0.448. The second kappa shape index (κ2) is 4.74. The van der Waals surface area contributed by atoms with Gasteiger partial charge in [-0.1, -0.05) is 0 Å². The molecule has 2 rings (SSSR count). The van der Waals surface area contributed by atoms with Crippen molar-refractivity contribution in [3.63, 3.8) is 0 Å². The molecule has 0 bridgehead atoms. The molecule has 7 heteroatoms. The number of aliphatic hydroxyl groups excluding tert-OH is 1. The Hall–Kier alpha value is -1.57. The fourth-order valence-corrected chi connectivity index (χ4v) is 2.34. The second-order valence-electron chi connectivity index (χ2n) is 3.42. The summed E-state index contributed by atoms with van der Waals surface area (Å²) in [6.07, 6.45) is 2.81. The molecule has 3 N–H and O–H groups in total. The SMILES string of the molecule is O=S(=O)(NCc1ccco1)c1c[nH]c(CO)c1. The zero-order chi connectivity index (χ0) is 12.3. The molecule has 0 amide bonds. The van der Waals surface area contributed by atoms with Crippen LogP contribution in [-0.4, -0.2) is 18.5 Å². The Kier molecular flexibility index (Phi) is 3.32. The van der Waals surface area contributed by atoms with Crippen LogP contribution < -0.4 is 4.72 Å². The van der Waals surface area contributed by atoms with E-state index in [1.807, 2.05) is 0 Å². The number of furan rings is 1. The predicted octanol–water partition coefficient (Wildman–Crippen LogP) is 0.579. The van der Waals surface area contributed by atoms with Crippen molar-refractivity contribution in [1.82, 2.24) is 9.71 Å². The van der Waals surface area contributed by atoms with Gasteiger partial charge in [-0.25, -0.2) is 13.1 Å². The molecule has 2 heterocycles. The fraction of sp³-hybridized carbons (Fsp3) is 0.200. The minimum absolute atomic E-state index is 0.0908. The molecule has 0 fully saturated rings. The average molecular weight is 256 g/mol. The summed E-state index contributed by atoms with van der Waals surface area (Å²) < 4.78 is 31.0. The zero-order valence-electron chi connectivity index (χ0n) is 8.88. The molecule has 0 aliphatic carbocycles. The maximum Gasteiger partial charge on any atom is 0.242 e. The molecular weight excluding hydrogens is 244 g/mol. The van der Waals surface area contributed by atoms with Gasteiger partial charge >= 0.3 is 0 Å². The first kappa shape index (κ1) is 11.9. The van der Waals surface area contributed by atoms with E-state index in [-0.39, 0.29) is 18.0 Å². The van der Waals surface area contributed by atoms with Gasteiger partial charge in [-0.05, 0) is 18.2 Å². The van der Waals surface area contributed by atoms with Crippen LogP contribution in [0.3, 0.4) is 0 Å². The van der Waals surface area contributed by atoms with Gasteiger partial charge in [0, 0.05) is 11.9 Å². The summed E-state index contributed by atoms with van der Waals surface area (Å²) >= 11 is 0. The van der Waals surface area contributed by atoms with Crippen molar-refractivity contribution in [2.45, 2.75) is 18.0 Å². The highest BCUT2D eigenvalue weighted by molar-refractivity contribution is 7.89. The Labute approximate surface area is 98.3 Å². The van der Waals surface area contributed by atoms with Crippen molar-refractivity contribution in [2.24, 2.45) is 0 Å². The van der Waals surface area contributed by atoms with E-state index in [2.05, 4.69) is 9.71 Å². The topological polar surface area (TPSA) is 95.3 Å². The highest BCUT2D eigenvalue weighted by atomic mass is 32.2. The highest BCUT2D eigenvalue weighted by Crippen LogP contribution is 2.11. The first-order valence-electron chi connectivity index (χ1n) is 4.92. The molecule has 0 saturated carbocycles. The van der Waals surface area contributed by atoms with Crippen molar-refractivity contribution < 1.29 is 17.9 Å². The lowest BCUT2D eigenvalue weighted by atomic mass is 10.5. The third-order valence-electron chi connectivity index (χ3n) is 2.21. The molecule has 0 aliphatic rings. The summed E-state index contributed by atoms with van der Waals surface area (Å²) in [6, 6.07) is 4.74. The monoisotopic (exact) mass is 256 g/mol. The molecule has 2 aromatic rings. The molecule has 6 nitrogen and oxygen atoms in total. The van der Waals surface area contributed by atoms with Crippen LogP contribution in [0.25, 0.3) is 0 Å². The summed E-state index contributed by atoms with van der Waals surface area (Å²) in [7, 11) is -3.58. The van der Waals surface area contributed by atoms with Gasteiger partial charge in [0.05, 0.1) is 24.3 Å². The van der Waals surface area contributed by atoms with Crippen LogP contribution >= 0.6 is 0 Å². The summed E-state index contributed by atoms with van der Waals surface area (Å²) in [4.78, 5) is 2.75. The molecule has 0 atom stereocenters. The number of aliphatic hydroxyl groups is 1. The van der Waals surface area contributed by atoms with Gasteiger partial charge in [-0.2, -0.15) is 0 Å². The van der Waals surface area contributed by atoms with Crippen LogP contribution in [0.4, 0.5) is 0 Å². The molecule has 0 spiro atoms. The van der Waals surface area contributed by atoms with Crippen LogP contribution in [-0.2, 0) is 23.2 Å². The van der Waals surface area contributed by atoms with Gasteiger partial charge in [0.1, 0.15) is 5.76 Å². The maximum atomic E-state index is 11.8. The van der Waals surface area contributed by atoms with Crippen molar-refractivity contribution in [3.05, 3.63) is 42.1 Å². The van der Waals surface area contributed by atoms with E-state index >= 15 is 0 Å². The van der Waals surface area contributed by atoms with Crippen molar-refractivity contribution in [2.75, 3.05) is 0 Å². The third kappa shape index (κ3) is 2.76. The lowest BCUT2D eigenvalue weighted by Crippen LogP contribution is -2.22. The van der Waals surface area contributed by atoms with Gasteiger partial charge < -0.3 is 14.5 Å². The zero-order valence-corrected chi connectivity index (χ0v) is 9.70. The quantitative estimate of drug-likeness (QED) is 0.729. The lowest BCUT2D eigenvalue weighted by Gasteiger charge is -2.02. The molecule has 17 heavy (non-hydrogen) atoms. The fourth-order valence-electron chi connectivity index (χ4n) is 1.33. The number of hydrogen-bond acceptors (Lipinski definition) is 4. The molecular formula is C10H12N2O4S. The number of H-pyrrole nitrogens is 1. The van der Waals surface area contributed by atoms with Crippen LogP contribution in [0.2, 0.25) is 0 Å². The van der Waals surface area contributed by atoms with E-state index in [9.17, 15) is 8.42 Å². The molecule has 2 aromatic heterocycles. The van der Waals surface area contributed by atoms with Gasteiger partial charge in [-0.3, -0.25) is 0 Å². The Morgan fingerprint density at radius 3 is 2.88 bits per heavy atom. The number of nitrogens with one attached hydrogen (secondary N) is 2. The van der Waals surface area contributed by atoms with E-state index in [1.165, 1.54) is 18.5 Å². The number of sulfonamides is 1. The van der Waals surface area contributed by atoms with E-state index in [4.69, 9.17) is 9.52 Å². The normalized spacial score (nSPS) is 11.8. The average Bonchev–Trinajstić information content (AvgIpc) is 2.98. The van der Waals surface area contributed by atoms with Crippen LogP contribution in [0.1, 0.15) is 11.5 Å². The standard InChI is InChI=1S/C10H12N2O4S/c13-7-8-4-10(6-11-8)17(14,15)12-5-9-2-1-3-16-9/h1-4,6,11-13H,5,7H2. The maximum absolute atomic E-state index is 11.8. The van der Waals surface area contributed by atoms with Crippen molar-refractivity contribution in [1.29, 1.82) is 0 Å². The smallest absolute Gasteiger partial charge is 0.242 e. The second-order valence-corrected chi connectivity index (χ2v) is 5.19. The van der Waals surface area contributed by atoms with E-state index in [1.54, 1.807) is 12.1 Å². The van der Waals surface area contributed by atoms with E-state index in [0.29, 0.717) is 11.5 Å². The highest BCUT2D eigenvalue weighted by Gasteiger charge is 2.15. The van der Waals surface area contributed by atoms with Gasteiger partial charge in [0.2, 0.25) is 10.0 Å². The van der Waals surface area contributed by atoms with E-state index < -0.39 is 10.0 Å². The Balaban J connectivity index is 2.08. The van der Waals surface area contributed by atoms with Gasteiger partial charge in [0.25, 0.3) is 0 Å². The van der Waals surface area contributed by atoms with Crippen LogP contribution in [0.15, 0.2) is 40.0 Å². The number of rotatable bonds is 5. The molecule has 0 aliphatic heterocycles. The Morgan fingerprint density at radius 1 is 1.47 bits per heavy atom. The first-order chi connectivity index (χ1) is 8.12. The number of aromatic amines is 1. The minimum Gasteiger partial charge on any atom is -0.468 e. The largest absolute Gasteiger partial charge is 0.468 e.